The van der Waals surface area contributed by atoms with Gasteiger partial charge in [-0.2, -0.15) is 0 Å². The molecule has 0 saturated carbocycles. The fourth-order valence-corrected chi connectivity index (χ4v) is 5.49. The molecule has 7 nitrogen and oxygen atoms in total. The number of thiophene rings is 1. The lowest BCUT2D eigenvalue weighted by Crippen LogP contribution is -2.46. The molecular formula is C21H24N4O3S. The maximum absolute atomic E-state index is 10.2. The van der Waals surface area contributed by atoms with E-state index in [0.717, 1.165) is 41.8 Å². The van der Waals surface area contributed by atoms with Gasteiger partial charge in [0.25, 0.3) is 0 Å². The summed E-state index contributed by atoms with van der Waals surface area (Å²) in [6.45, 7) is 3.68. The van der Waals surface area contributed by atoms with Gasteiger partial charge in [0.2, 0.25) is 0 Å². The van der Waals surface area contributed by atoms with Gasteiger partial charge in [0.1, 0.15) is 12.1 Å². The van der Waals surface area contributed by atoms with E-state index in [1.165, 1.54) is 4.88 Å². The van der Waals surface area contributed by atoms with Crippen LogP contribution in [0, 0.1) is 0 Å². The summed E-state index contributed by atoms with van der Waals surface area (Å²) in [5, 5.41) is 20.0. The highest BCUT2D eigenvalue weighted by Crippen LogP contribution is 2.38. The predicted molar refractivity (Wildman–Crippen MR) is 111 cm³/mol. The van der Waals surface area contributed by atoms with Crippen molar-refractivity contribution in [2.24, 2.45) is 0 Å². The number of ether oxygens (including phenoxy) is 1. The third-order valence-corrected chi connectivity index (χ3v) is 6.79. The molecule has 8 heteroatoms. The Morgan fingerprint density at radius 3 is 2.86 bits per heavy atom. The van der Waals surface area contributed by atoms with Crippen LogP contribution in [0.5, 0.6) is 5.75 Å². The highest BCUT2D eigenvalue weighted by atomic mass is 32.1. The van der Waals surface area contributed by atoms with Crippen molar-refractivity contribution in [1.29, 1.82) is 0 Å². The van der Waals surface area contributed by atoms with Crippen LogP contribution in [-0.2, 0) is 4.74 Å². The molecule has 5 rings (SSSR count). The second-order valence-electron chi connectivity index (χ2n) is 7.68. The third kappa shape index (κ3) is 3.86. The van der Waals surface area contributed by atoms with Crippen LogP contribution in [0.3, 0.4) is 0 Å². The van der Waals surface area contributed by atoms with Crippen molar-refractivity contribution in [1.82, 2.24) is 19.8 Å². The van der Waals surface area contributed by atoms with Crippen LogP contribution < -0.4 is 0 Å². The summed E-state index contributed by atoms with van der Waals surface area (Å²) in [5.74, 6) is 0.255. The van der Waals surface area contributed by atoms with Crippen molar-refractivity contribution >= 4 is 21.6 Å². The Labute approximate surface area is 173 Å². The number of aliphatic hydroxyl groups is 1. The van der Waals surface area contributed by atoms with Gasteiger partial charge in [0, 0.05) is 37.3 Å². The first kappa shape index (κ1) is 18.9. The van der Waals surface area contributed by atoms with Gasteiger partial charge in [0.05, 0.1) is 35.2 Å². The molecule has 2 aliphatic rings. The molecule has 1 aromatic carbocycles. The van der Waals surface area contributed by atoms with Gasteiger partial charge in [-0.3, -0.25) is 9.80 Å². The van der Waals surface area contributed by atoms with Gasteiger partial charge in [-0.15, -0.1) is 11.3 Å². The summed E-state index contributed by atoms with van der Waals surface area (Å²) in [6, 6.07) is 9.45. The molecule has 4 heterocycles. The minimum absolute atomic E-state index is 0.0649. The highest BCUT2D eigenvalue weighted by Gasteiger charge is 2.36. The fourth-order valence-electron chi connectivity index (χ4n) is 4.33. The van der Waals surface area contributed by atoms with Crippen LogP contribution in [0.25, 0.3) is 10.2 Å². The van der Waals surface area contributed by atoms with E-state index >= 15 is 0 Å². The molecule has 0 aliphatic carbocycles. The standard InChI is InChI=1S/C21H24N4O3S/c26-15-3-1-2-14(8-15)18-12-25(6-7-28-18)21(24-5-4-16(27)11-24)19-9-17-20(29-19)10-22-13-23-17/h1-3,8-10,13,16,18,21,26-27H,4-7,11-12H2. The van der Waals surface area contributed by atoms with E-state index in [4.69, 9.17) is 4.74 Å². The molecule has 3 unspecified atom stereocenters. The molecule has 2 fully saturated rings. The number of fused-ring (bicyclic) bond motifs is 1. The minimum atomic E-state index is -0.283. The van der Waals surface area contributed by atoms with Crippen LogP contribution in [0.4, 0.5) is 0 Å². The normalized spacial score (nSPS) is 24.9. The van der Waals surface area contributed by atoms with Crippen molar-refractivity contribution in [3.05, 3.63) is 53.3 Å². The fraction of sp³-hybridized carbons (Fsp3) is 0.429. The van der Waals surface area contributed by atoms with Crippen LogP contribution in [0.15, 0.2) is 42.9 Å². The topological polar surface area (TPSA) is 82.0 Å². The van der Waals surface area contributed by atoms with Crippen molar-refractivity contribution < 1.29 is 14.9 Å². The van der Waals surface area contributed by atoms with Crippen molar-refractivity contribution in [2.75, 3.05) is 32.8 Å². The SMILES string of the molecule is Oc1cccc(C2CN(C(c3cc4ncncc4s3)N3CCC(O)C3)CCO2)c1. The predicted octanol–water partition coefficient (Wildman–Crippen LogP) is 2.54. The van der Waals surface area contributed by atoms with E-state index in [2.05, 4.69) is 25.8 Å². The lowest BCUT2D eigenvalue weighted by molar-refractivity contribution is -0.0745. The molecular weight excluding hydrogens is 388 g/mol. The molecule has 2 aromatic heterocycles. The summed E-state index contributed by atoms with van der Waals surface area (Å²) >= 11 is 1.72. The summed E-state index contributed by atoms with van der Waals surface area (Å²) < 4.78 is 7.11. The van der Waals surface area contributed by atoms with Gasteiger partial charge in [0.15, 0.2) is 0 Å². The molecule has 0 spiro atoms. The number of nitrogens with zero attached hydrogens (tertiary/aromatic N) is 4. The molecule has 2 aliphatic heterocycles. The van der Waals surface area contributed by atoms with Crippen LogP contribution >= 0.6 is 11.3 Å². The Morgan fingerprint density at radius 1 is 1.17 bits per heavy atom. The summed E-state index contributed by atoms with van der Waals surface area (Å²) in [6.07, 6.45) is 3.92. The third-order valence-electron chi connectivity index (χ3n) is 5.70. The van der Waals surface area contributed by atoms with E-state index in [0.29, 0.717) is 13.2 Å². The monoisotopic (exact) mass is 412 g/mol. The summed E-state index contributed by atoms with van der Waals surface area (Å²) in [4.78, 5) is 14.6. The lowest BCUT2D eigenvalue weighted by Gasteiger charge is -2.41. The Bertz CT molecular complexity index is 964. The first-order chi connectivity index (χ1) is 14.2. The zero-order chi connectivity index (χ0) is 19.8. The van der Waals surface area contributed by atoms with Crippen LogP contribution in [0.2, 0.25) is 0 Å². The quantitative estimate of drug-likeness (QED) is 0.681. The molecule has 0 radical (unpaired) electrons. The number of aromatic nitrogens is 2. The average molecular weight is 413 g/mol. The zero-order valence-corrected chi connectivity index (χ0v) is 16.8. The summed E-state index contributed by atoms with van der Waals surface area (Å²) in [7, 11) is 0. The largest absolute Gasteiger partial charge is 0.508 e. The number of aromatic hydroxyl groups is 1. The summed E-state index contributed by atoms with van der Waals surface area (Å²) in [5.41, 5.74) is 1.94. The number of hydrogen-bond acceptors (Lipinski definition) is 8. The molecule has 0 amide bonds. The Hall–Kier alpha value is -2.10. The number of hydrogen-bond donors (Lipinski definition) is 2. The second-order valence-corrected chi connectivity index (χ2v) is 8.80. The Balaban J connectivity index is 1.47. The van der Waals surface area contributed by atoms with E-state index in [1.54, 1.807) is 29.8 Å². The minimum Gasteiger partial charge on any atom is -0.508 e. The van der Waals surface area contributed by atoms with E-state index in [1.807, 2.05) is 18.3 Å². The zero-order valence-electron chi connectivity index (χ0n) is 16.0. The van der Waals surface area contributed by atoms with Gasteiger partial charge in [-0.05, 0) is 30.2 Å². The first-order valence-electron chi connectivity index (χ1n) is 9.93. The van der Waals surface area contributed by atoms with E-state index in [9.17, 15) is 10.2 Å². The number of phenols is 1. The average Bonchev–Trinajstić information content (AvgIpc) is 3.35. The smallest absolute Gasteiger partial charge is 0.116 e. The van der Waals surface area contributed by atoms with E-state index in [-0.39, 0.29) is 24.1 Å². The lowest BCUT2D eigenvalue weighted by atomic mass is 10.1. The van der Waals surface area contributed by atoms with Crippen molar-refractivity contribution in [3.63, 3.8) is 0 Å². The highest BCUT2D eigenvalue weighted by molar-refractivity contribution is 7.19. The number of aliphatic hydroxyl groups excluding tert-OH is 1. The van der Waals surface area contributed by atoms with Gasteiger partial charge in [-0.25, -0.2) is 9.97 Å². The van der Waals surface area contributed by atoms with Gasteiger partial charge >= 0.3 is 0 Å². The first-order valence-corrected chi connectivity index (χ1v) is 10.7. The van der Waals surface area contributed by atoms with Crippen molar-refractivity contribution in [2.45, 2.75) is 24.8 Å². The molecule has 3 aromatic rings. The van der Waals surface area contributed by atoms with Crippen molar-refractivity contribution in [3.8, 4) is 5.75 Å². The second kappa shape index (κ2) is 7.97. The molecule has 3 atom stereocenters. The maximum atomic E-state index is 10.2. The number of phenolic OH excluding ortho intramolecular Hbond substituents is 1. The number of rotatable bonds is 4. The molecule has 2 saturated heterocycles. The number of likely N-dealkylation sites (tertiary alicyclic amines) is 1. The Kier molecular flexibility index (Phi) is 5.19. The van der Waals surface area contributed by atoms with E-state index < -0.39 is 0 Å². The molecule has 29 heavy (non-hydrogen) atoms. The van der Waals surface area contributed by atoms with Gasteiger partial charge < -0.3 is 14.9 Å². The van der Waals surface area contributed by atoms with Gasteiger partial charge in [-0.1, -0.05) is 12.1 Å². The van der Waals surface area contributed by atoms with Crippen LogP contribution in [0.1, 0.15) is 29.1 Å². The number of β-amino-alcohol motifs (C(OH)–C–C–N with tert-alkyl or cyclic N) is 1. The van der Waals surface area contributed by atoms with Crippen LogP contribution in [-0.4, -0.2) is 68.9 Å². The molecule has 152 valence electrons. The Morgan fingerprint density at radius 2 is 2.07 bits per heavy atom. The molecule has 0 bridgehead atoms. The number of morpholine rings is 1. The molecule has 2 N–H and O–H groups in total. The number of benzene rings is 1. The maximum Gasteiger partial charge on any atom is 0.116 e.